The van der Waals surface area contributed by atoms with E-state index in [4.69, 9.17) is 0 Å². The summed E-state index contributed by atoms with van der Waals surface area (Å²) >= 11 is 0. The molecule has 1 rings (SSSR count). The Morgan fingerprint density at radius 2 is 1.65 bits per heavy atom. The Morgan fingerprint density at radius 3 is 2.10 bits per heavy atom. The van der Waals surface area contributed by atoms with Crippen LogP contribution in [0.3, 0.4) is 0 Å². The average molecular weight is 283 g/mol. The Morgan fingerprint density at radius 1 is 1.10 bits per heavy atom. The van der Waals surface area contributed by atoms with Crippen LogP contribution in [0.5, 0.6) is 0 Å². The molecule has 1 fully saturated rings. The van der Waals surface area contributed by atoms with Gasteiger partial charge in [-0.3, -0.25) is 9.59 Å². The van der Waals surface area contributed by atoms with Crippen molar-refractivity contribution in [1.82, 2.24) is 15.5 Å². The van der Waals surface area contributed by atoms with Gasteiger partial charge < -0.3 is 15.5 Å². The van der Waals surface area contributed by atoms with Crippen molar-refractivity contribution in [3.63, 3.8) is 0 Å². The Hall–Kier alpha value is -1.10. The smallest absolute Gasteiger partial charge is 0.235 e. The monoisotopic (exact) mass is 283 g/mol. The predicted molar refractivity (Wildman–Crippen MR) is 80.3 cm³/mol. The van der Waals surface area contributed by atoms with E-state index in [-0.39, 0.29) is 11.8 Å². The van der Waals surface area contributed by atoms with Crippen LogP contribution in [0, 0.1) is 11.3 Å². The highest BCUT2D eigenvalue weighted by Gasteiger charge is 2.56. The van der Waals surface area contributed by atoms with E-state index in [1.807, 2.05) is 14.1 Å². The molecule has 2 amide bonds. The Bertz CT molecular complexity index is 336. The maximum absolute atomic E-state index is 12.1. The van der Waals surface area contributed by atoms with Gasteiger partial charge in [-0.1, -0.05) is 13.8 Å². The molecule has 1 saturated carbocycles. The van der Waals surface area contributed by atoms with Crippen LogP contribution in [0.2, 0.25) is 0 Å². The number of carbonyl (C=O) groups excluding carboxylic acids is 2. The molecule has 0 radical (unpaired) electrons. The van der Waals surface area contributed by atoms with E-state index in [1.165, 1.54) is 0 Å². The van der Waals surface area contributed by atoms with Gasteiger partial charge in [0.25, 0.3) is 0 Å². The molecule has 0 aromatic rings. The van der Waals surface area contributed by atoms with Crippen molar-refractivity contribution in [1.29, 1.82) is 0 Å². The van der Waals surface area contributed by atoms with Crippen molar-refractivity contribution in [2.24, 2.45) is 11.3 Å². The number of rotatable bonds is 9. The number of carbonyl (C=O) groups is 2. The zero-order chi connectivity index (χ0) is 15.2. The highest BCUT2D eigenvalue weighted by Crippen LogP contribution is 2.46. The third-order valence-electron chi connectivity index (χ3n) is 3.69. The first-order valence-corrected chi connectivity index (χ1v) is 7.60. The maximum Gasteiger partial charge on any atom is 0.235 e. The number of nitrogens with one attached hydrogen (secondary N) is 2. The molecule has 0 atom stereocenters. The highest BCUT2D eigenvalue weighted by molar-refractivity contribution is 6.07. The fraction of sp³-hybridized carbons (Fsp3) is 0.867. The molecule has 0 bridgehead atoms. The van der Waals surface area contributed by atoms with Gasteiger partial charge in [0.15, 0.2) is 0 Å². The lowest BCUT2D eigenvalue weighted by Crippen LogP contribution is -2.44. The molecule has 5 heteroatoms. The summed E-state index contributed by atoms with van der Waals surface area (Å²) in [5.41, 5.74) is -0.769. The summed E-state index contributed by atoms with van der Waals surface area (Å²) in [6, 6.07) is 0. The molecular weight excluding hydrogens is 254 g/mol. The summed E-state index contributed by atoms with van der Waals surface area (Å²) in [6.45, 7) is 6.48. The van der Waals surface area contributed by atoms with Crippen LogP contribution in [0.4, 0.5) is 0 Å². The van der Waals surface area contributed by atoms with Gasteiger partial charge in [0.2, 0.25) is 11.8 Å². The summed E-state index contributed by atoms with van der Waals surface area (Å²) < 4.78 is 0. The van der Waals surface area contributed by atoms with Gasteiger partial charge in [-0.25, -0.2) is 0 Å². The second-order valence-electron chi connectivity index (χ2n) is 6.43. The first-order chi connectivity index (χ1) is 9.38. The summed E-state index contributed by atoms with van der Waals surface area (Å²) in [5, 5.41) is 5.79. The molecule has 0 unspecified atom stereocenters. The second kappa shape index (κ2) is 7.62. The van der Waals surface area contributed by atoms with E-state index in [2.05, 4.69) is 29.4 Å². The van der Waals surface area contributed by atoms with Crippen LogP contribution in [0.1, 0.15) is 39.5 Å². The third kappa shape index (κ3) is 5.12. The summed E-state index contributed by atoms with van der Waals surface area (Å²) in [7, 11) is 4.01. The molecule has 116 valence electrons. The Kier molecular flexibility index (Phi) is 6.46. The molecule has 5 nitrogen and oxygen atoms in total. The molecule has 0 aromatic heterocycles. The van der Waals surface area contributed by atoms with Crippen LogP contribution < -0.4 is 10.6 Å². The SMILES string of the molecule is CC(C)CCNC(=O)C1(C(=O)NCCCN(C)C)CC1. The lowest BCUT2D eigenvalue weighted by molar-refractivity contribution is -0.137. The number of hydrogen-bond acceptors (Lipinski definition) is 3. The molecule has 1 aliphatic carbocycles. The normalized spacial score (nSPS) is 16.3. The van der Waals surface area contributed by atoms with E-state index >= 15 is 0 Å². The van der Waals surface area contributed by atoms with Crippen molar-refractivity contribution >= 4 is 11.8 Å². The lowest BCUT2D eigenvalue weighted by Gasteiger charge is -2.16. The number of nitrogens with zero attached hydrogens (tertiary/aromatic N) is 1. The average Bonchev–Trinajstić information content (AvgIpc) is 3.15. The van der Waals surface area contributed by atoms with Gasteiger partial charge in [0, 0.05) is 13.1 Å². The Labute approximate surface area is 122 Å². The fourth-order valence-electron chi connectivity index (χ4n) is 2.09. The van der Waals surface area contributed by atoms with E-state index in [0.29, 0.717) is 31.8 Å². The minimum absolute atomic E-state index is 0.0942. The maximum atomic E-state index is 12.1. The molecule has 0 aromatic carbocycles. The zero-order valence-corrected chi connectivity index (χ0v) is 13.3. The van der Waals surface area contributed by atoms with Crippen molar-refractivity contribution < 1.29 is 9.59 Å². The fourth-order valence-corrected chi connectivity index (χ4v) is 2.09. The van der Waals surface area contributed by atoms with Gasteiger partial charge in [0.05, 0.1) is 0 Å². The highest BCUT2D eigenvalue weighted by atomic mass is 16.2. The molecule has 0 spiro atoms. The van der Waals surface area contributed by atoms with Gasteiger partial charge in [-0.2, -0.15) is 0 Å². The molecule has 0 aliphatic heterocycles. The largest absolute Gasteiger partial charge is 0.355 e. The first kappa shape index (κ1) is 17.0. The Balaban J connectivity index is 2.29. The number of amides is 2. The van der Waals surface area contributed by atoms with Gasteiger partial charge >= 0.3 is 0 Å². The molecule has 0 heterocycles. The lowest BCUT2D eigenvalue weighted by atomic mass is 10.0. The van der Waals surface area contributed by atoms with Crippen molar-refractivity contribution in [2.75, 3.05) is 33.7 Å². The standard InChI is InChI=1S/C15H29N3O2/c1-12(2)6-10-17-14(20)15(7-8-15)13(19)16-9-5-11-18(3)4/h12H,5-11H2,1-4H3,(H,16,19)(H,17,20). The van der Waals surface area contributed by atoms with Crippen molar-refractivity contribution in [3.05, 3.63) is 0 Å². The van der Waals surface area contributed by atoms with Gasteiger partial charge in [0.1, 0.15) is 5.41 Å². The van der Waals surface area contributed by atoms with E-state index in [0.717, 1.165) is 19.4 Å². The number of hydrogen-bond donors (Lipinski definition) is 2. The molecule has 2 N–H and O–H groups in total. The van der Waals surface area contributed by atoms with Crippen LogP contribution in [-0.2, 0) is 9.59 Å². The summed E-state index contributed by atoms with van der Waals surface area (Å²) in [5.74, 6) is 0.367. The van der Waals surface area contributed by atoms with E-state index < -0.39 is 5.41 Å². The minimum atomic E-state index is -0.769. The van der Waals surface area contributed by atoms with Gasteiger partial charge in [-0.05, 0) is 52.2 Å². The van der Waals surface area contributed by atoms with Crippen LogP contribution in [0.25, 0.3) is 0 Å². The van der Waals surface area contributed by atoms with Crippen molar-refractivity contribution in [2.45, 2.75) is 39.5 Å². The molecule has 1 aliphatic rings. The summed E-state index contributed by atoms with van der Waals surface area (Å²) in [6.07, 6.45) is 3.22. The van der Waals surface area contributed by atoms with Crippen molar-refractivity contribution in [3.8, 4) is 0 Å². The molecule has 0 saturated heterocycles. The predicted octanol–water partition coefficient (Wildman–Crippen LogP) is 0.997. The zero-order valence-electron chi connectivity index (χ0n) is 13.3. The quantitative estimate of drug-likeness (QED) is 0.490. The van der Waals surface area contributed by atoms with Gasteiger partial charge in [-0.15, -0.1) is 0 Å². The third-order valence-corrected chi connectivity index (χ3v) is 3.69. The van der Waals surface area contributed by atoms with Crippen LogP contribution >= 0.6 is 0 Å². The second-order valence-corrected chi connectivity index (χ2v) is 6.43. The molecular formula is C15H29N3O2. The summed E-state index contributed by atoms with van der Waals surface area (Å²) in [4.78, 5) is 26.3. The topological polar surface area (TPSA) is 61.4 Å². The minimum Gasteiger partial charge on any atom is -0.355 e. The van der Waals surface area contributed by atoms with Crippen LogP contribution in [0.15, 0.2) is 0 Å². The molecule has 20 heavy (non-hydrogen) atoms. The van der Waals surface area contributed by atoms with E-state index in [9.17, 15) is 9.59 Å². The first-order valence-electron chi connectivity index (χ1n) is 7.60. The van der Waals surface area contributed by atoms with Crippen LogP contribution in [-0.4, -0.2) is 50.4 Å². The van der Waals surface area contributed by atoms with E-state index in [1.54, 1.807) is 0 Å².